The highest BCUT2D eigenvalue weighted by atomic mass is 16.5. The van der Waals surface area contributed by atoms with Crippen LogP contribution in [-0.2, 0) is 28.7 Å². The Morgan fingerprint density at radius 1 is 1.04 bits per heavy atom. The van der Waals surface area contributed by atoms with Crippen molar-refractivity contribution in [1.29, 1.82) is 0 Å². The summed E-state index contributed by atoms with van der Waals surface area (Å²) in [6.45, 7) is 4.55. The van der Waals surface area contributed by atoms with Crippen molar-refractivity contribution < 1.29 is 28.7 Å². The Bertz CT molecular complexity index is 692. The van der Waals surface area contributed by atoms with Crippen LogP contribution in [0.2, 0.25) is 0 Å². The third-order valence-corrected chi connectivity index (χ3v) is 3.17. The Kier molecular flexibility index (Phi) is 5.89. The number of amides is 1. The maximum Gasteiger partial charge on any atom is 0.375 e. The van der Waals surface area contributed by atoms with E-state index in [1.807, 2.05) is 6.92 Å². The fourth-order valence-corrected chi connectivity index (χ4v) is 1.98. The highest BCUT2D eigenvalue weighted by Gasteiger charge is 2.39. The summed E-state index contributed by atoms with van der Waals surface area (Å²) in [5.74, 6) is -8.05. The zero-order valence-electron chi connectivity index (χ0n) is 13.3. The average molecular weight is 319 g/mol. The molecule has 0 unspecified atom stereocenters. The van der Waals surface area contributed by atoms with E-state index in [1.54, 1.807) is 25.1 Å². The van der Waals surface area contributed by atoms with E-state index in [9.17, 15) is 24.0 Å². The van der Waals surface area contributed by atoms with Crippen LogP contribution in [0.5, 0.6) is 0 Å². The summed E-state index contributed by atoms with van der Waals surface area (Å²) in [5.41, 5.74) is 2.06. The predicted octanol–water partition coefficient (Wildman–Crippen LogP) is 0.758. The van der Waals surface area contributed by atoms with Gasteiger partial charge >= 0.3 is 5.97 Å². The highest BCUT2D eigenvalue weighted by molar-refractivity contribution is 6.54. The number of aryl methyl sites for hydroxylation is 2. The van der Waals surface area contributed by atoms with E-state index in [1.165, 1.54) is 0 Å². The molecular formula is C16H17NO6. The second-order valence-corrected chi connectivity index (χ2v) is 5.04. The van der Waals surface area contributed by atoms with E-state index in [4.69, 9.17) is 0 Å². The maximum absolute atomic E-state index is 12.1. The van der Waals surface area contributed by atoms with Gasteiger partial charge in [0.15, 0.2) is 5.92 Å². The minimum atomic E-state index is -1.99. The lowest BCUT2D eigenvalue weighted by Gasteiger charge is -2.12. The molecule has 0 aliphatic carbocycles. The van der Waals surface area contributed by atoms with Gasteiger partial charge in [-0.15, -0.1) is 0 Å². The monoisotopic (exact) mass is 319 g/mol. The molecule has 0 aliphatic rings. The number of esters is 1. The molecule has 1 amide bonds. The minimum absolute atomic E-state index is 0.377. The molecule has 0 fully saturated rings. The molecule has 1 rings (SSSR count). The number of rotatable bonds is 6. The molecule has 7 nitrogen and oxygen atoms in total. The first-order valence-electron chi connectivity index (χ1n) is 6.74. The van der Waals surface area contributed by atoms with Crippen molar-refractivity contribution in [3.05, 3.63) is 29.3 Å². The average Bonchev–Trinajstić information content (AvgIpc) is 2.48. The van der Waals surface area contributed by atoms with Gasteiger partial charge in [-0.05, 0) is 32.4 Å². The quantitative estimate of drug-likeness (QED) is 0.471. The molecule has 0 saturated heterocycles. The summed E-state index contributed by atoms with van der Waals surface area (Å²) >= 11 is 0. The van der Waals surface area contributed by atoms with Crippen LogP contribution in [-0.4, -0.2) is 36.3 Å². The second-order valence-electron chi connectivity index (χ2n) is 5.04. The van der Waals surface area contributed by atoms with E-state index < -0.39 is 35.1 Å². The lowest BCUT2D eigenvalue weighted by molar-refractivity contribution is -0.157. The fourth-order valence-electron chi connectivity index (χ4n) is 1.98. The van der Waals surface area contributed by atoms with Gasteiger partial charge < -0.3 is 10.1 Å². The lowest BCUT2D eigenvalue weighted by Crippen LogP contribution is -2.41. The number of ether oxygens (including phenoxy) is 1. The maximum atomic E-state index is 12.1. The largest absolute Gasteiger partial charge is 0.463 e. The molecule has 1 aromatic rings. The number of methoxy groups -OCH3 is 1. The van der Waals surface area contributed by atoms with Crippen molar-refractivity contribution in [1.82, 2.24) is 0 Å². The Labute approximate surface area is 133 Å². The third-order valence-electron chi connectivity index (χ3n) is 3.17. The molecule has 23 heavy (non-hydrogen) atoms. The first kappa shape index (κ1) is 18.2. The highest BCUT2D eigenvalue weighted by Crippen LogP contribution is 2.16. The van der Waals surface area contributed by atoms with Gasteiger partial charge in [0.05, 0.1) is 7.11 Å². The number of hydrogen-bond acceptors (Lipinski definition) is 6. The number of Topliss-reactive ketones (excluding diaryl/α,β-unsaturated/α-hetero) is 3. The number of hydrogen-bond donors (Lipinski definition) is 1. The lowest BCUT2D eigenvalue weighted by atomic mass is 9.94. The summed E-state index contributed by atoms with van der Waals surface area (Å²) < 4.78 is 4.20. The van der Waals surface area contributed by atoms with Gasteiger partial charge in [0.2, 0.25) is 5.78 Å². The van der Waals surface area contributed by atoms with Crippen LogP contribution < -0.4 is 5.32 Å². The number of carbonyl (C=O) groups is 5. The molecule has 0 heterocycles. The summed E-state index contributed by atoms with van der Waals surface area (Å²) in [7, 11) is 0.942. The molecule has 1 atom stereocenters. The molecule has 0 aliphatic heterocycles. The van der Waals surface area contributed by atoms with Crippen molar-refractivity contribution >= 4 is 34.9 Å². The molecule has 1 aromatic carbocycles. The van der Waals surface area contributed by atoms with Gasteiger partial charge in [-0.1, -0.05) is 17.7 Å². The van der Waals surface area contributed by atoms with Crippen molar-refractivity contribution in [2.24, 2.45) is 5.92 Å². The number of nitrogens with one attached hydrogen (secondary N) is 1. The zero-order valence-corrected chi connectivity index (χ0v) is 13.3. The Hall–Kier alpha value is -2.83. The first-order valence-corrected chi connectivity index (χ1v) is 6.74. The molecule has 0 radical (unpaired) electrons. The predicted molar refractivity (Wildman–Crippen MR) is 80.7 cm³/mol. The summed E-state index contributed by atoms with van der Waals surface area (Å²) in [4.78, 5) is 58.5. The van der Waals surface area contributed by atoms with Crippen LogP contribution in [0.4, 0.5) is 5.69 Å². The van der Waals surface area contributed by atoms with Crippen LogP contribution in [0, 0.1) is 19.8 Å². The molecule has 0 spiro atoms. The molecule has 7 heteroatoms. The van der Waals surface area contributed by atoms with Crippen molar-refractivity contribution in [3.8, 4) is 0 Å². The smallest absolute Gasteiger partial charge is 0.375 e. The van der Waals surface area contributed by atoms with E-state index >= 15 is 0 Å². The molecule has 0 bridgehead atoms. The summed E-state index contributed by atoms with van der Waals surface area (Å²) in [6, 6.07) is 5.12. The van der Waals surface area contributed by atoms with E-state index in [-0.39, 0.29) is 0 Å². The van der Waals surface area contributed by atoms with Gasteiger partial charge in [0.25, 0.3) is 11.7 Å². The van der Waals surface area contributed by atoms with Crippen LogP contribution >= 0.6 is 0 Å². The standard InChI is InChI=1S/C16H17NO6/c1-8-5-6-11(9(2)7-8)17-15(21)13(19)12(10(3)18)14(20)16(22)23-4/h5-7,12H,1-4H3,(H,17,21)/t12-/m1/s1. The van der Waals surface area contributed by atoms with Crippen molar-refractivity contribution in [2.75, 3.05) is 12.4 Å². The normalized spacial score (nSPS) is 11.3. The summed E-state index contributed by atoms with van der Waals surface area (Å²) in [5, 5.41) is 2.34. The SMILES string of the molecule is COC(=O)C(=O)[C@H](C(C)=O)C(=O)C(=O)Nc1ccc(C)cc1C. The van der Waals surface area contributed by atoms with Gasteiger partial charge in [-0.2, -0.15) is 0 Å². The van der Waals surface area contributed by atoms with Gasteiger partial charge in [-0.3, -0.25) is 19.2 Å². The van der Waals surface area contributed by atoms with Crippen LogP contribution in [0.25, 0.3) is 0 Å². The first-order chi connectivity index (χ1) is 10.7. The molecular weight excluding hydrogens is 302 g/mol. The van der Waals surface area contributed by atoms with Crippen LogP contribution in [0.15, 0.2) is 18.2 Å². The Morgan fingerprint density at radius 3 is 2.13 bits per heavy atom. The van der Waals surface area contributed by atoms with E-state index in [0.29, 0.717) is 11.3 Å². The second kappa shape index (κ2) is 7.44. The van der Waals surface area contributed by atoms with Gasteiger partial charge in [-0.25, -0.2) is 4.79 Å². The Balaban J connectivity index is 3.00. The van der Waals surface area contributed by atoms with Gasteiger partial charge in [0.1, 0.15) is 5.78 Å². The third kappa shape index (κ3) is 4.32. The van der Waals surface area contributed by atoms with Crippen LogP contribution in [0.1, 0.15) is 18.1 Å². The number of benzene rings is 1. The summed E-state index contributed by atoms with van der Waals surface area (Å²) in [6.07, 6.45) is 0. The fraction of sp³-hybridized carbons (Fsp3) is 0.312. The molecule has 0 saturated carbocycles. The van der Waals surface area contributed by atoms with Crippen LogP contribution in [0.3, 0.4) is 0 Å². The van der Waals surface area contributed by atoms with Gasteiger partial charge in [0, 0.05) is 5.69 Å². The number of carbonyl (C=O) groups excluding carboxylic acids is 5. The topological polar surface area (TPSA) is 107 Å². The Morgan fingerprint density at radius 2 is 1.65 bits per heavy atom. The van der Waals surface area contributed by atoms with Crippen molar-refractivity contribution in [2.45, 2.75) is 20.8 Å². The minimum Gasteiger partial charge on any atom is -0.463 e. The molecule has 122 valence electrons. The number of ketones is 3. The zero-order chi connectivity index (χ0) is 17.7. The van der Waals surface area contributed by atoms with Crippen molar-refractivity contribution in [3.63, 3.8) is 0 Å². The van der Waals surface area contributed by atoms with E-state index in [0.717, 1.165) is 19.6 Å². The molecule has 0 aromatic heterocycles. The number of anilines is 1. The van der Waals surface area contributed by atoms with E-state index in [2.05, 4.69) is 10.1 Å². The molecule has 1 N–H and O–H groups in total.